The van der Waals surface area contributed by atoms with Gasteiger partial charge in [0.2, 0.25) is 16.6 Å². The molecule has 0 N–H and O–H groups in total. The predicted molar refractivity (Wildman–Crippen MR) is 165 cm³/mol. The molecule has 0 aromatic heterocycles. The van der Waals surface area contributed by atoms with Crippen LogP contribution < -0.4 is 0 Å². The van der Waals surface area contributed by atoms with E-state index in [2.05, 4.69) is 83.7 Å². The zero-order valence-electron chi connectivity index (χ0n) is 23.0. The van der Waals surface area contributed by atoms with Gasteiger partial charge in [0.05, 0.1) is 6.10 Å². The molecule has 0 spiro atoms. The molecule has 4 heteroatoms. The van der Waals surface area contributed by atoms with Crippen LogP contribution in [-0.4, -0.2) is 22.7 Å². The van der Waals surface area contributed by atoms with Crippen molar-refractivity contribution >= 4 is 16.6 Å². The molecule has 0 fully saturated rings. The summed E-state index contributed by atoms with van der Waals surface area (Å²) in [7, 11) is -4.40. The highest BCUT2D eigenvalue weighted by atomic mass is 28.4. The zero-order chi connectivity index (χ0) is 26.9. The average Bonchev–Trinajstić information content (AvgIpc) is 2.85. The minimum absolute atomic E-state index is 0.0242. The second-order valence-electron chi connectivity index (χ2n) is 9.90. The van der Waals surface area contributed by atoms with E-state index in [1.165, 1.54) is 5.56 Å². The fourth-order valence-corrected chi connectivity index (χ4v) is 11.8. The molecule has 1 rings (SSSR count). The molecule has 0 radical (unpaired) electrons. The maximum absolute atomic E-state index is 7.32. The lowest BCUT2D eigenvalue weighted by Gasteiger charge is -2.42. The van der Waals surface area contributed by atoms with Gasteiger partial charge in [-0.25, -0.2) is 0 Å². The molecule has 0 saturated carbocycles. The van der Waals surface area contributed by atoms with Gasteiger partial charge in [0, 0.05) is 12.0 Å². The summed E-state index contributed by atoms with van der Waals surface area (Å²) in [4.78, 5) is 0. The molecule has 0 aliphatic rings. The van der Waals surface area contributed by atoms with Crippen LogP contribution >= 0.6 is 0 Å². The highest BCUT2D eigenvalue weighted by Crippen LogP contribution is 2.41. The lowest BCUT2D eigenvalue weighted by Crippen LogP contribution is -2.45. The van der Waals surface area contributed by atoms with Crippen LogP contribution in [0.2, 0.25) is 36.3 Å². The van der Waals surface area contributed by atoms with E-state index in [9.17, 15) is 0 Å². The van der Waals surface area contributed by atoms with Crippen LogP contribution in [0.3, 0.4) is 0 Å². The summed E-state index contributed by atoms with van der Waals surface area (Å²) in [5, 5.41) is 0. The van der Waals surface area contributed by atoms with Crippen LogP contribution in [0.25, 0.3) is 0 Å². The first-order valence-corrected chi connectivity index (χ1v) is 18.5. The van der Waals surface area contributed by atoms with Crippen molar-refractivity contribution in [3.63, 3.8) is 0 Å². The fraction of sp³-hybridized carbons (Fsp3) is 0.438. The largest absolute Gasteiger partial charge is 0.413 e. The van der Waals surface area contributed by atoms with Gasteiger partial charge in [-0.1, -0.05) is 86.6 Å². The van der Waals surface area contributed by atoms with Crippen LogP contribution in [-0.2, 0) is 8.85 Å². The minimum Gasteiger partial charge on any atom is -0.413 e. The van der Waals surface area contributed by atoms with Crippen LogP contribution in [0.15, 0.2) is 106 Å². The molecule has 36 heavy (non-hydrogen) atoms. The molecule has 0 aliphatic carbocycles. The van der Waals surface area contributed by atoms with E-state index >= 15 is 0 Å². The van der Waals surface area contributed by atoms with E-state index < -0.39 is 16.6 Å². The summed E-state index contributed by atoms with van der Waals surface area (Å²) < 4.78 is 14.4. The van der Waals surface area contributed by atoms with Crippen molar-refractivity contribution in [3.05, 3.63) is 112 Å². The van der Waals surface area contributed by atoms with Crippen molar-refractivity contribution in [2.45, 2.75) is 81.6 Å². The molecule has 1 aromatic rings. The van der Waals surface area contributed by atoms with Gasteiger partial charge < -0.3 is 8.85 Å². The van der Waals surface area contributed by atoms with Crippen molar-refractivity contribution in [2.75, 3.05) is 0 Å². The van der Waals surface area contributed by atoms with E-state index in [0.717, 1.165) is 55.5 Å². The van der Waals surface area contributed by atoms with Gasteiger partial charge in [0.25, 0.3) is 0 Å². The summed E-state index contributed by atoms with van der Waals surface area (Å²) in [6, 6.07) is 15.9. The van der Waals surface area contributed by atoms with E-state index in [0.29, 0.717) is 0 Å². The van der Waals surface area contributed by atoms with E-state index in [1.807, 2.05) is 36.5 Å². The first-order chi connectivity index (χ1) is 17.4. The molecule has 198 valence electrons. The summed E-state index contributed by atoms with van der Waals surface area (Å²) in [6.07, 6.45) is 15.3. The predicted octanol–water partition coefficient (Wildman–Crippen LogP) is 9.96. The molecule has 0 saturated heterocycles. The maximum Gasteiger partial charge on any atom is 0.204 e. The van der Waals surface area contributed by atoms with E-state index in [1.54, 1.807) is 0 Å². The van der Waals surface area contributed by atoms with Gasteiger partial charge in [0.15, 0.2) is 0 Å². The van der Waals surface area contributed by atoms with Crippen molar-refractivity contribution in [3.8, 4) is 0 Å². The Morgan fingerprint density at radius 3 is 1.50 bits per heavy atom. The Hall–Kier alpha value is -1.99. The Balaban J connectivity index is 3.58. The number of hydrogen-bond donors (Lipinski definition) is 0. The smallest absolute Gasteiger partial charge is 0.204 e. The second-order valence-corrected chi connectivity index (χ2v) is 17.6. The quantitative estimate of drug-likeness (QED) is 0.111. The average molecular weight is 523 g/mol. The summed E-state index contributed by atoms with van der Waals surface area (Å²) in [5.74, 6) is 0.213. The van der Waals surface area contributed by atoms with Crippen LogP contribution in [0, 0.1) is 5.92 Å². The summed E-state index contributed by atoms with van der Waals surface area (Å²) in [6.45, 7) is 28.8. The first kappa shape index (κ1) is 32.0. The monoisotopic (exact) mass is 522 g/mol. The number of unbranched alkanes of at least 4 members (excludes halogenated alkanes) is 1. The lowest BCUT2D eigenvalue weighted by molar-refractivity contribution is 0.0314. The molecule has 0 bridgehead atoms. The van der Waals surface area contributed by atoms with Crippen LogP contribution in [0.1, 0.15) is 44.8 Å². The van der Waals surface area contributed by atoms with Crippen molar-refractivity contribution in [2.24, 2.45) is 5.92 Å². The minimum atomic E-state index is -2.24. The molecule has 0 amide bonds. The standard InChI is InChI=1S/C32H50O2Si2/c1-9-16-22-31(29(8)33-35(23-10-2,24-11-3)25-12-4)32(30-20-18-17-19-21-30)34-36(26-13-5,27-14-6)28-15-7/h10-15,17-21,29,31-32H,2-7,9,16,22-28H2,1,8H3. The molecule has 1 aromatic carbocycles. The number of hydrogen-bond acceptors (Lipinski definition) is 2. The van der Waals surface area contributed by atoms with Crippen LogP contribution in [0.5, 0.6) is 0 Å². The Morgan fingerprint density at radius 1 is 0.694 bits per heavy atom. The van der Waals surface area contributed by atoms with Gasteiger partial charge in [0.1, 0.15) is 0 Å². The van der Waals surface area contributed by atoms with Crippen LogP contribution in [0.4, 0.5) is 0 Å². The molecule has 3 unspecified atom stereocenters. The second kappa shape index (κ2) is 17.5. The van der Waals surface area contributed by atoms with Gasteiger partial charge in [-0.05, 0) is 55.2 Å². The topological polar surface area (TPSA) is 18.5 Å². The van der Waals surface area contributed by atoms with E-state index in [-0.39, 0.29) is 18.1 Å². The first-order valence-electron chi connectivity index (χ1n) is 13.5. The normalized spacial score (nSPS) is 14.3. The molecular formula is C32H50O2Si2. The third-order valence-corrected chi connectivity index (χ3v) is 14.7. The summed E-state index contributed by atoms with van der Waals surface area (Å²) >= 11 is 0. The van der Waals surface area contributed by atoms with Crippen molar-refractivity contribution in [1.29, 1.82) is 0 Å². The molecule has 2 nitrogen and oxygen atoms in total. The Bertz CT molecular complexity index is 764. The fourth-order valence-electron chi connectivity index (χ4n) is 5.24. The Morgan fingerprint density at radius 2 is 1.11 bits per heavy atom. The lowest BCUT2D eigenvalue weighted by atomic mass is 9.87. The SMILES string of the molecule is C=CC[Si](CC=C)(CC=C)OC(C)C(CCCC)C(O[Si](CC=C)(CC=C)CC=C)c1ccccc1. The summed E-state index contributed by atoms with van der Waals surface area (Å²) in [5.41, 5.74) is 1.21. The Kier molecular flexibility index (Phi) is 15.5. The van der Waals surface area contributed by atoms with Crippen molar-refractivity contribution < 1.29 is 8.85 Å². The van der Waals surface area contributed by atoms with Gasteiger partial charge >= 0.3 is 0 Å². The number of rotatable bonds is 22. The van der Waals surface area contributed by atoms with Gasteiger partial charge in [-0.15, -0.1) is 39.5 Å². The van der Waals surface area contributed by atoms with Crippen molar-refractivity contribution in [1.82, 2.24) is 0 Å². The highest BCUT2D eigenvalue weighted by molar-refractivity contribution is 6.75. The maximum atomic E-state index is 7.32. The third-order valence-electron chi connectivity index (χ3n) is 6.92. The third kappa shape index (κ3) is 9.81. The Labute approximate surface area is 224 Å². The van der Waals surface area contributed by atoms with Gasteiger partial charge in [-0.2, -0.15) is 0 Å². The molecule has 3 atom stereocenters. The molecular weight excluding hydrogens is 473 g/mol. The molecule has 0 heterocycles. The zero-order valence-corrected chi connectivity index (χ0v) is 25.0. The van der Waals surface area contributed by atoms with E-state index in [4.69, 9.17) is 8.85 Å². The van der Waals surface area contributed by atoms with Gasteiger partial charge in [-0.3, -0.25) is 0 Å². The molecule has 0 aliphatic heterocycles. The number of allylic oxidation sites excluding steroid dienone is 6. The number of benzene rings is 1. The highest BCUT2D eigenvalue weighted by Gasteiger charge is 2.41.